The summed E-state index contributed by atoms with van der Waals surface area (Å²) in [5.41, 5.74) is 3.17. The van der Waals surface area contributed by atoms with Gasteiger partial charge in [-0.05, 0) is 44.3 Å². The van der Waals surface area contributed by atoms with Crippen LogP contribution in [0.4, 0.5) is 0 Å². The van der Waals surface area contributed by atoms with Crippen LogP contribution in [-0.2, 0) is 6.54 Å². The van der Waals surface area contributed by atoms with Crippen LogP contribution in [0.5, 0.6) is 0 Å². The van der Waals surface area contributed by atoms with E-state index in [4.69, 9.17) is 5.26 Å². The number of nitriles is 1. The first-order valence-corrected chi connectivity index (χ1v) is 5.48. The molecule has 0 bridgehead atoms. The van der Waals surface area contributed by atoms with Crippen molar-refractivity contribution in [2.24, 2.45) is 0 Å². The predicted octanol–water partition coefficient (Wildman–Crippen LogP) is 1.52. The molecule has 0 heterocycles. The van der Waals surface area contributed by atoms with Crippen LogP contribution in [0.3, 0.4) is 0 Å². The molecule has 3 heteroatoms. The van der Waals surface area contributed by atoms with E-state index >= 15 is 0 Å². The molecule has 86 valence electrons. The molecular formula is C13H19N3. The third-order valence-electron chi connectivity index (χ3n) is 2.52. The van der Waals surface area contributed by atoms with Crippen molar-refractivity contribution in [3.05, 3.63) is 34.9 Å². The summed E-state index contributed by atoms with van der Waals surface area (Å²) in [6.07, 6.45) is 0. The van der Waals surface area contributed by atoms with Crippen molar-refractivity contribution >= 4 is 0 Å². The van der Waals surface area contributed by atoms with Crippen LogP contribution in [0, 0.1) is 18.3 Å². The molecule has 0 saturated heterocycles. The van der Waals surface area contributed by atoms with Crippen LogP contribution < -0.4 is 5.32 Å². The maximum Gasteiger partial charge on any atom is 0.0991 e. The highest BCUT2D eigenvalue weighted by molar-refractivity contribution is 5.37. The van der Waals surface area contributed by atoms with E-state index in [1.165, 1.54) is 11.1 Å². The van der Waals surface area contributed by atoms with Gasteiger partial charge in [0.05, 0.1) is 11.6 Å². The first-order chi connectivity index (χ1) is 7.63. The number of likely N-dealkylation sites (N-methyl/N-ethyl adjacent to an activating group) is 1. The van der Waals surface area contributed by atoms with Crippen LogP contribution in [0.25, 0.3) is 0 Å². The molecule has 0 amide bonds. The minimum absolute atomic E-state index is 0.731. The van der Waals surface area contributed by atoms with E-state index in [-0.39, 0.29) is 0 Å². The molecule has 0 aliphatic carbocycles. The zero-order valence-electron chi connectivity index (χ0n) is 10.2. The summed E-state index contributed by atoms with van der Waals surface area (Å²) in [4.78, 5) is 2.15. The summed E-state index contributed by atoms with van der Waals surface area (Å²) in [5.74, 6) is 0. The average Bonchev–Trinajstić information content (AvgIpc) is 2.25. The zero-order valence-corrected chi connectivity index (χ0v) is 10.2. The van der Waals surface area contributed by atoms with Gasteiger partial charge in [-0.3, -0.25) is 0 Å². The Labute approximate surface area is 97.7 Å². The van der Waals surface area contributed by atoms with Crippen molar-refractivity contribution in [1.82, 2.24) is 10.2 Å². The second-order valence-electron chi connectivity index (χ2n) is 4.23. The van der Waals surface area contributed by atoms with Gasteiger partial charge in [0.25, 0.3) is 0 Å². The van der Waals surface area contributed by atoms with E-state index < -0.39 is 0 Å². The fourth-order valence-corrected chi connectivity index (χ4v) is 1.49. The standard InChI is InChI=1S/C13H19N3/c1-11-8-12(9-14)4-5-13(11)10-15-6-7-16(2)3/h4-5,8,15H,6-7,10H2,1-3H3. The van der Waals surface area contributed by atoms with Crippen LogP contribution >= 0.6 is 0 Å². The first kappa shape index (κ1) is 12.7. The summed E-state index contributed by atoms with van der Waals surface area (Å²) in [5, 5.41) is 12.1. The highest BCUT2D eigenvalue weighted by Gasteiger charge is 1.99. The number of nitrogens with zero attached hydrogens (tertiary/aromatic N) is 2. The number of aryl methyl sites for hydroxylation is 1. The summed E-state index contributed by atoms with van der Waals surface area (Å²) in [6, 6.07) is 7.98. The van der Waals surface area contributed by atoms with Crippen LogP contribution in [-0.4, -0.2) is 32.1 Å². The first-order valence-electron chi connectivity index (χ1n) is 5.48. The number of nitrogens with one attached hydrogen (secondary N) is 1. The summed E-state index contributed by atoms with van der Waals surface area (Å²) in [6.45, 7) is 4.93. The fraction of sp³-hybridized carbons (Fsp3) is 0.462. The molecule has 0 unspecified atom stereocenters. The smallest absolute Gasteiger partial charge is 0.0991 e. The number of benzene rings is 1. The molecule has 1 N–H and O–H groups in total. The lowest BCUT2D eigenvalue weighted by Crippen LogP contribution is -2.26. The quantitative estimate of drug-likeness (QED) is 0.760. The maximum atomic E-state index is 8.76. The van der Waals surface area contributed by atoms with Gasteiger partial charge in [0.1, 0.15) is 0 Å². The molecule has 1 aromatic rings. The third kappa shape index (κ3) is 4.01. The van der Waals surface area contributed by atoms with Crippen LogP contribution in [0.2, 0.25) is 0 Å². The molecule has 1 aromatic carbocycles. The van der Waals surface area contributed by atoms with Crippen molar-refractivity contribution < 1.29 is 0 Å². The largest absolute Gasteiger partial charge is 0.311 e. The lowest BCUT2D eigenvalue weighted by Gasteiger charge is -2.11. The number of hydrogen-bond donors (Lipinski definition) is 1. The Balaban J connectivity index is 2.46. The fourth-order valence-electron chi connectivity index (χ4n) is 1.49. The molecule has 1 rings (SSSR count). The highest BCUT2D eigenvalue weighted by atomic mass is 15.1. The second-order valence-corrected chi connectivity index (χ2v) is 4.23. The van der Waals surface area contributed by atoms with Crippen molar-refractivity contribution in [2.75, 3.05) is 27.2 Å². The van der Waals surface area contributed by atoms with Crippen molar-refractivity contribution in [3.63, 3.8) is 0 Å². The molecule has 0 aromatic heterocycles. The molecule has 0 spiro atoms. The Hall–Kier alpha value is -1.37. The molecule has 0 radical (unpaired) electrons. The van der Waals surface area contributed by atoms with Gasteiger partial charge in [0.2, 0.25) is 0 Å². The molecule has 0 aliphatic rings. The molecule has 16 heavy (non-hydrogen) atoms. The van der Waals surface area contributed by atoms with Gasteiger partial charge in [-0.25, -0.2) is 0 Å². The van der Waals surface area contributed by atoms with E-state index in [0.29, 0.717) is 0 Å². The monoisotopic (exact) mass is 217 g/mol. The van der Waals surface area contributed by atoms with E-state index in [1.807, 2.05) is 25.1 Å². The van der Waals surface area contributed by atoms with E-state index in [9.17, 15) is 0 Å². The molecular weight excluding hydrogens is 198 g/mol. The van der Waals surface area contributed by atoms with Crippen LogP contribution in [0.15, 0.2) is 18.2 Å². The van der Waals surface area contributed by atoms with Gasteiger partial charge >= 0.3 is 0 Å². The Morgan fingerprint density at radius 3 is 2.69 bits per heavy atom. The molecule has 0 fully saturated rings. The minimum Gasteiger partial charge on any atom is -0.311 e. The Morgan fingerprint density at radius 2 is 2.12 bits per heavy atom. The maximum absolute atomic E-state index is 8.76. The number of hydrogen-bond acceptors (Lipinski definition) is 3. The van der Waals surface area contributed by atoms with Gasteiger partial charge in [-0.1, -0.05) is 6.07 Å². The highest BCUT2D eigenvalue weighted by Crippen LogP contribution is 2.09. The summed E-state index contributed by atoms with van der Waals surface area (Å²) in [7, 11) is 4.13. The second kappa shape index (κ2) is 6.26. The molecule has 0 aliphatic heterocycles. The van der Waals surface area contributed by atoms with Gasteiger partial charge in [0, 0.05) is 19.6 Å². The van der Waals surface area contributed by atoms with Crippen LogP contribution in [0.1, 0.15) is 16.7 Å². The predicted molar refractivity (Wildman–Crippen MR) is 66.2 cm³/mol. The normalized spacial score (nSPS) is 10.4. The lowest BCUT2D eigenvalue weighted by atomic mass is 10.1. The summed E-state index contributed by atoms with van der Waals surface area (Å²) < 4.78 is 0. The zero-order chi connectivity index (χ0) is 12.0. The molecule has 0 atom stereocenters. The van der Waals surface area contributed by atoms with Gasteiger partial charge in [0.15, 0.2) is 0 Å². The molecule has 0 saturated carbocycles. The van der Waals surface area contributed by atoms with Crippen molar-refractivity contribution in [1.29, 1.82) is 5.26 Å². The lowest BCUT2D eigenvalue weighted by molar-refractivity contribution is 0.400. The Bertz CT molecular complexity index is 377. The number of rotatable bonds is 5. The Kier molecular flexibility index (Phi) is 4.97. The van der Waals surface area contributed by atoms with Gasteiger partial charge < -0.3 is 10.2 Å². The SMILES string of the molecule is Cc1cc(C#N)ccc1CNCCN(C)C. The van der Waals surface area contributed by atoms with Crippen molar-refractivity contribution in [3.8, 4) is 6.07 Å². The topological polar surface area (TPSA) is 39.1 Å². The molecule has 3 nitrogen and oxygen atoms in total. The third-order valence-corrected chi connectivity index (χ3v) is 2.52. The average molecular weight is 217 g/mol. The van der Waals surface area contributed by atoms with E-state index in [0.717, 1.165) is 25.2 Å². The van der Waals surface area contributed by atoms with E-state index in [2.05, 4.69) is 30.4 Å². The minimum atomic E-state index is 0.731. The van der Waals surface area contributed by atoms with Gasteiger partial charge in [-0.2, -0.15) is 5.26 Å². The van der Waals surface area contributed by atoms with E-state index in [1.54, 1.807) is 0 Å². The Morgan fingerprint density at radius 1 is 1.38 bits per heavy atom. The van der Waals surface area contributed by atoms with Crippen molar-refractivity contribution in [2.45, 2.75) is 13.5 Å². The summed E-state index contributed by atoms with van der Waals surface area (Å²) >= 11 is 0. The van der Waals surface area contributed by atoms with Gasteiger partial charge in [-0.15, -0.1) is 0 Å².